The van der Waals surface area contributed by atoms with Crippen molar-refractivity contribution in [1.82, 2.24) is 0 Å². The minimum atomic E-state index is -0.210. The van der Waals surface area contributed by atoms with Gasteiger partial charge in [-0.3, -0.25) is 0 Å². The van der Waals surface area contributed by atoms with Crippen molar-refractivity contribution in [3.63, 3.8) is 0 Å². The lowest BCUT2D eigenvalue weighted by atomic mass is 9.81. The molecular weight excluding hydrogens is 180 g/mol. The molecule has 78 valence electrons. The van der Waals surface area contributed by atoms with Crippen LogP contribution >= 0.6 is 0 Å². The van der Waals surface area contributed by atoms with Gasteiger partial charge in [-0.1, -0.05) is 6.92 Å². The van der Waals surface area contributed by atoms with Crippen LogP contribution in [0, 0.1) is 11.8 Å². The summed E-state index contributed by atoms with van der Waals surface area (Å²) >= 11 is 0. The molecule has 0 radical (unpaired) electrons. The molecule has 2 rings (SSSR count). The molecule has 3 nitrogen and oxygen atoms in total. The highest BCUT2D eigenvalue weighted by molar-refractivity contribution is 5.89. The molecule has 14 heavy (non-hydrogen) atoms. The fraction of sp³-hybridized carbons (Fsp3) is 0.727. The summed E-state index contributed by atoms with van der Waals surface area (Å²) in [5, 5.41) is 0. The van der Waals surface area contributed by atoms with Crippen LogP contribution in [0.25, 0.3) is 0 Å². The van der Waals surface area contributed by atoms with Crippen molar-refractivity contribution in [1.29, 1.82) is 0 Å². The normalized spacial score (nSPS) is 31.0. The van der Waals surface area contributed by atoms with Gasteiger partial charge in [0, 0.05) is 5.92 Å². The molecule has 1 aliphatic carbocycles. The average Bonchev–Trinajstić information content (AvgIpc) is 2.62. The molecule has 1 heterocycles. The fourth-order valence-corrected chi connectivity index (χ4v) is 2.44. The molecule has 0 aromatic heterocycles. The Hall–Kier alpha value is -0.990. The maximum Gasteiger partial charge on any atom is 0.337 e. The molecule has 0 amide bonds. The van der Waals surface area contributed by atoms with Crippen molar-refractivity contribution in [3.8, 4) is 0 Å². The number of rotatable bonds is 1. The highest BCUT2D eigenvalue weighted by atomic mass is 16.5. The highest BCUT2D eigenvalue weighted by Crippen LogP contribution is 2.40. The SMILES string of the molecule is COC(=O)C1=C2OCCC2CC(C)C1. The summed E-state index contributed by atoms with van der Waals surface area (Å²) in [4.78, 5) is 11.5. The first-order valence-corrected chi connectivity index (χ1v) is 5.16. The first-order valence-electron chi connectivity index (χ1n) is 5.16. The minimum Gasteiger partial charge on any atom is -0.497 e. The third-order valence-corrected chi connectivity index (χ3v) is 3.06. The summed E-state index contributed by atoms with van der Waals surface area (Å²) in [5.41, 5.74) is 0.772. The summed E-state index contributed by atoms with van der Waals surface area (Å²) in [6, 6.07) is 0. The molecule has 0 aromatic carbocycles. The second-order valence-corrected chi connectivity index (χ2v) is 4.21. The van der Waals surface area contributed by atoms with Crippen LogP contribution in [0.15, 0.2) is 11.3 Å². The fourth-order valence-electron chi connectivity index (χ4n) is 2.44. The molecule has 1 saturated heterocycles. The molecular formula is C11H16O3. The van der Waals surface area contributed by atoms with Gasteiger partial charge >= 0.3 is 5.97 Å². The molecule has 2 aliphatic rings. The van der Waals surface area contributed by atoms with E-state index in [1.54, 1.807) is 0 Å². The van der Waals surface area contributed by atoms with Crippen LogP contribution in [0.5, 0.6) is 0 Å². The maximum absolute atomic E-state index is 11.5. The number of carbonyl (C=O) groups excluding carboxylic acids is 1. The zero-order valence-electron chi connectivity index (χ0n) is 8.71. The summed E-state index contributed by atoms with van der Waals surface area (Å²) in [5.74, 6) is 1.74. The molecule has 0 saturated carbocycles. The summed E-state index contributed by atoms with van der Waals surface area (Å²) < 4.78 is 10.3. The molecule has 3 heteroatoms. The molecule has 2 atom stereocenters. The van der Waals surface area contributed by atoms with Crippen LogP contribution in [0.3, 0.4) is 0 Å². The van der Waals surface area contributed by atoms with Gasteiger partial charge in [-0.05, 0) is 25.2 Å². The smallest absolute Gasteiger partial charge is 0.337 e. The number of carbonyl (C=O) groups is 1. The van der Waals surface area contributed by atoms with E-state index in [-0.39, 0.29) is 5.97 Å². The molecule has 1 fully saturated rings. The average molecular weight is 196 g/mol. The Kier molecular flexibility index (Phi) is 2.48. The van der Waals surface area contributed by atoms with Crippen molar-refractivity contribution >= 4 is 5.97 Å². The second-order valence-electron chi connectivity index (χ2n) is 4.21. The maximum atomic E-state index is 11.5. The van der Waals surface area contributed by atoms with Crippen LogP contribution in [0.2, 0.25) is 0 Å². The van der Waals surface area contributed by atoms with E-state index in [0.717, 1.165) is 37.2 Å². The first-order chi connectivity index (χ1) is 6.72. The lowest BCUT2D eigenvalue weighted by Crippen LogP contribution is -2.20. The van der Waals surface area contributed by atoms with Gasteiger partial charge in [0.15, 0.2) is 0 Å². The molecule has 1 aliphatic heterocycles. The van der Waals surface area contributed by atoms with Crippen LogP contribution in [-0.4, -0.2) is 19.7 Å². The molecule has 2 unspecified atom stereocenters. The Morgan fingerprint density at radius 1 is 1.57 bits per heavy atom. The summed E-state index contributed by atoms with van der Waals surface area (Å²) in [7, 11) is 1.43. The highest BCUT2D eigenvalue weighted by Gasteiger charge is 2.35. The number of fused-ring (bicyclic) bond motifs is 1. The third-order valence-electron chi connectivity index (χ3n) is 3.06. The van der Waals surface area contributed by atoms with Crippen molar-refractivity contribution < 1.29 is 14.3 Å². The monoisotopic (exact) mass is 196 g/mol. The summed E-state index contributed by atoms with van der Waals surface area (Å²) in [6.07, 6.45) is 3.01. The Labute approximate surface area is 84.1 Å². The Morgan fingerprint density at radius 2 is 2.36 bits per heavy atom. The zero-order chi connectivity index (χ0) is 10.1. The van der Waals surface area contributed by atoms with Crippen LogP contribution in [0.1, 0.15) is 26.2 Å². The van der Waals surface area contributed by atoms with Gasteiger partial charge in [-0.15, -0.1) is 0 Å². The van der Waals surface area contributed by atoms with E-state index in [4.69, 9.17) is 9.47 Å². The van der Waals surface area contributed by atoms with Gasteiger partial charge in [-0.25, -0.2) is 4.79 Å². The van der Waals surface area contributed by atoms with E-state index in [1.807, 2.05) is 0 Å². The van der Waals surface area contributed by atoms with Gasteiger partial charge in [-0.2, -0.15) is 0 Å². The lowest BCUT2D eigenvalue weighted by molar-refractivity contribution is -0.136. The van der Waals surface area contributed by atoms with Crippen LogP contribution in [-0.2, 0) is 14.3 Å². The van der Waals surface area contributed by atoms with E-state index in [0.29, 0.717) is 11.8 Å². The molecule has 0 N–H and O–H groups in total. The quantitative estimate of drug-likeness (QED) is 0.601. The van der Waals surface area contributed by atoms with Crippen LogP contribution in [0.4, 0.5) is 0 Å². The van der Waals surface area contributed by atoms with E-state index in [9.17, 15) is 4.79 Å². The van der Waals surface area contributed by atoms with Gasteiger partial charge in [0.2, 0.25) is 0 Å². The number of allylic oxidation sites excluding steroid dienone is 1. The Balaban J connectivity index is 2.29. The Bertz CT molecular complexity index is 280. The van der Waals surface area contributed by atoms with Crippen LogP contribution < -0.4 is 0 Å². The lowest BCUT2D eigenvalue weighted by Gasteiger charge is -2.24. The first kappa shape index (κ1) is 9.56. The van der Waals surface area contributed by atoms with E-state index in [1.165, 1.54) is 7.11 Å². The van der Waals surface area contributed by atoms with E-state index >= 15 is 0 Å². The van der Waals surface area contributed by atoms with Crippen molar-refractivity contribution in [2.75, 3.05) is 13.7 Å². The second kappa shape index (κ2) is 3.64. The number of hydrogen-bond acceptors (Lipinski definition) is 3. The minimum absolute atomic E-state index is 0.210. The zero-order valence-corrected chi connectivity index (χ0v) is 8.71. The standard InChI is InChI=1S/C11H16O3/c1-7-5-8-3-4-14-10(8)9(6-7)11(12)13-2/h7-8H,3-6H2,1-2H3. The molecule has 0 spiro atoms. The Morgan fingerprint density at radius 3 is 3.07 bits per heavy atom. The number of hydrogen-bond donors (Lipinski definition) is 0. The van der Waals surface area contributed by atoms with Gasteiger partial charge in [0.05, 0.1) is 19.3 Å². The predicted octanol–water partition coefficient (Wildman–Crippen LogP) is 1.88. The van der Waals surface area contributed by atoms with E-state index < -0.39 is 0 Å². The van der Waals surface area contributed by atoms with Crippen molar-refractivity contribution in [2.45, 2.75) is 26.2 Å². The number of methoxy groups -OCH3 is 1. The predicted molar refractivity (Wildman–Crippen MR) is 51.5 cm³/mol. The number of esters is 1. The topological polar surface area (TPSA) is 35.5 Å². The van der Waals surface area contributed by atoms with Gasteiger partial charge < -0.3 is 9.47 Å². The molecule has 0 aromatic rings. The largest absolute Gasteiger partial charge is 0.497 e. The van der Waals surface area contributed by atoms with Gasteiger partial charge in [0.25, 0.3) is 0 Å². The summed E-state index contributed by atoms with van der Waals surface area (Å²) in [6.45, 7) is 2.94. The third kappa shape index (κ3) is 1.51. The van der Waals surface area contributed by atoms with Gasteiger partial charge in [0.1, 0.15) is 5.76 Å². The van der Waals surface area contributed by atoms with Crippen molar-refractivity contribution in [2.24, 2.45) is 11.8 Å². The van der Waals surface area contributed by atoms with Crippen molar-refractivity contribution in [3.05, 3.63) is 11.3 Å². The number of ether oxygens (including phenoxy) is 2. The molecule has 0 bridgehead atoms. The van der Waals surface area contributed by atoms with E-state index in [2.05, 4.69) is 6.92 Å².